The highest BCUT2D eigenvalue weighted by atomic mass is 16.5. The summed E-state index contributed by atoms with van der Waals surface area (Å²) in [5.74, 6) is 0. The third-order valence-corrected chi connectivity index (χ3v) is 3.65. The Hall–Kier alpha value is -1.37. The van der Waals surface area contributed by atoms with Gasteiger partial charge in [0.2, 0.25) is 0 Å². The van der Waals surface area contributed by atoms with Crippen molar-refractivity contribution in [3.8, 4) is 0 Å². The molecule has 1 aliphatic heterocycles. The number of ether oxygens (including phenoxy) is 1. The van der Waals surface area contributed by atoms with Gasteiger partial charge in [0.15, 0.2) is 6.23 Å². The van der Waals surface area contributed by atoms with E-state index in [1.54, 1.807) is 6.07 Å². The monoisotopic (exact) mass is 260 g/mol. The summed E-state index contributed by atoms with van der Waals surface area (Å²) in [6.45, 7) is 2.64. The Labute approximate surface area is 111 Å². The molecule has 1 unspecified atom stereocenters. The Balaban J connectivity index is 2.14. The topological polar surface area (TPSA) is 67.5 Å². The molecular formula is C13H17BN2O3. The number of hydrogen-bond donors (Lipinski definition) is 2. The molecule has 1 saturated heterocycles. The first-order chi connectivity index (χ1) is 9.18. The van der Waals surface area contributed by atoms with Gasteiger partial charge in [-0.05, 0) is 37.7 Å². The second-order valence-corrected chi connectivity index (χ2v) is 4.97. The summed E-state index contributed by atoms with van der Waals surface area (Å²) in [6, 6.07) is 5.48. The molecule has 3 rings (SSSR count). The van der Waals surface area contributed by atoms with Crippen LogP contribution in [-0.4, -0.2) is 33.6 Å². The van der Waals surface area contributed by atoms with E-state index in [-0.39, 0.29) is 6.23 Å². The van der Waals surface area contributed by atoms with E-state index < -0.39 is 7.12 Å². The van der Waals surface area contributed by atoms with Gasteiger partial charge in [-0.25, -0.2) is 4.68 Å². The molecule has 1 aromatic carbocycles. The van der Waals surface area contributed by atoms with Crippen molar-refractivity contribution in [1.29, 1.82) is 0 Å². The predicted molar refractivity (Wildman–Crippen MR) is 73.1 cm³/mol. The second kappa shape index (κ2) is 4.96. The van der Waals surface area contributed by atoms with Crippen LogP contribution in [0.1, 0.15) is 31.2 Å². The minimum absolute atomic E-state index is 0.0453. The van der Waals surface area contributed by atoms with Gasteiger partial charge in [0, 0.05) is 12.0 Å². The minimum Gasteiger partial charge on any atom is -0.423 e. The zero-order chi connectivity index (χ0) is 13.4. The van der Waals surface area contributed by atoms with Crippen molar-refractivity contribution in [3.05, 3.63) is 23.9 Å². The van der Waals surface area contributed by atoms with Crippen LogP contribution in [0.3, 0.4) is 0 Å². The molecule has 0 spiro atoms. The normalized spacial score (nSPS) is 19.8. The molecule has 0 bridgehead atoms. The predicted octanol–water partition coefficient (Wildman–Crippen LogP) is 0.724. The standard InChI is InChI=1S/C13H17BN2O3/c1-9-13-10(14(17)18)5-4-6-11(13)16(15-9)12-7-2-3-8-19-12/h4-6,12,17-18H,2-3,7-8H2,1H3. The smallest absolute Gasteiger partial charge is 0.423 e. The second-order valence-electron chi connectivity index (χ2n) is 4.97. The Morgan fingerprint density at radius 3 is 2.89 bits per heavy atom. The van der Waals surface area contributed by atoms with E-state index in [4.69, 9.17) is 4.74 Å². The summed E-state index contributed by atoms with van der Waals surface area (Å²) in [6.07, 6.45) is 3.13. The molecular weight excluding hydrogens is 243 g/mol. The van der Waals surface area contributed by atoms with Gasteiger partial charge in [-0.3, -0.25) is 0 Å². The molecule has 1 atom stereocenters. The van der Waals surface area contributed by atoms with Gasteiger partial charge in [-0.2, -0.15) is 5.10 Å². The highest BCUT2D eigenvalue weighted by Crippen LogP contribution is 2.27. The van der Waals surface area contributed by atoms with Crippen molar-refractivity contribution in [2.75, 3.05) is 6.61 Å². The van der Waals surface area contributed by atoms with E-state index in [2.05, 4.69) is 5.10 Å². The lowest BCUT2D eigenvalue weighted by Gasteiger charge is -2.23. The van der Waals surface area contributed by atoms with E-state index in [0.29, 0.717) is 5.46 Å². The average Bonchev–Trinajstić information content (AvgIpc) is 2.77. The van der Waals surface area contributed by atoms with Crippen molar-refractivity contribution in [1.82, 2.24) is 9.78 Å². The first kappa shape index (κ1) is 12.7. The molecule has 0 saturated carbocycles. The number of aryl methyl sites for hydroxylation is 1. The van der Waals surface area contributed by atoms with Crippen LogP contribution < -0.4 is 5.46 Å². The summed E-state index contributed by atoms with van der Waals surface area (Å²) < 4.78 is 7.63. The molecule has 1 aliphatic rings. The third kappa shape index (κ3) is 2.16. The quantitative estimate of drug-likeness (QED) is 0.781. The number of hydrogen-bond acceptors (Lipinski definition) is 4. The van der Waals surface area contributed by atoms with Crippen LogP contribution in [0.15, 0.2) is 18.2 Å². The number of rotatable bonds is 2. The first-order valence-corrected chi connectivity index (χ1v) is 6.64. The average molecular weight is 260 g/mol. The molecule has 5 nitrogen and oxygen atoms in total. The minimum atomic E-state index is -1.48. The molecule has 0 aliphatic carbocycles. The maximum absolute atomic E-state index is 9.45. The lowest BCUT2D eigenvalue weighted by Crippen LogP contribution is -2.30. The molecule has 0 amide bonds. The first-order valence-electron chi connectivity index (χ1n) is 6.64. The van der Waals surface area contributed by atoms with Gasteiger partial charge in [0.1, 0.15) is 0 Å². The van der Waals surface area contributed by atoms with E-state index in [0.717, 1.165) is 42.5 Å². The van der Waals surface area contributed by atoms with Crippen molar-refractivity contribution in [2.24, 2.45) is 0 Å². The molecule has 1 fully saturated rings. The lowest BCUT2D eigenvalue weighted by molar-refractivity contribution is -0.0368. The van der Waals surface area contributed by atoms with Gasteiger partial charge in [-0.1, -0.05) is 12.1 Å². The fraction of sp³-hybridized carbons (Fsp3) is 0.462. The maximum atomic E-state index is 9.45. The van der Waals surface area contributed by atoms with E-state index in [9.17, 15) is 10.0 Å². The van der Waals surface area contributed by atoms with Crippen LogP contribution in [0.2, 0.25) is 0 Å². The largest absolute Gasteiger partial charge is 0.489 e. The van der Waals surface area contributed by atoms with Crippen molar-refractivity contribution >= 4 is 23.5 Å². The fourth-order valence-corrected chi connectivity index (χ4v) is 2.76. The van der Waals surface area contributed by atoms with Crippen LogP contribution in [-0.2, 0) is 4.74 Å². The van der Waals surface area contributed by atoms with Gasteiger partial charge in [-0.15, -0.1) is 0 Å². The van der Waals surface area contributed by atoms with Gasteiger partial charge < -0.3 is 14.8 Å². The van der Waals surface area contributed by atoms with Crippen LogP contribution in [0, 0.1) is 6.92 Å². The van der Waals surface area contributed by atoms with Crippen molar-refractivity contribution in [2.45, 2.75) is 32.4 Å². The molecule has 1 aromatic heterocycles. The number of nitrogens with zero attached hydrogens (tertiary/aromatic N) is 2. The molecule has 6 heteroatoms. The highest BCUT2D eigenvalue weighted by molar-refractivity contribution is 6.62. The number of benzene rings is 1. The molecule has 100 valence electrons. The summed E-state index contributed by atoms with van der Waals surface area (Å²) in [5, 5.41) is 24.2. The number of fused-ring (bicyclic) bond motifs is 1. The van der Waals surface area contributed by atoms with Crippen molar-refractivity contribution in [3.63, 3.8) is 0 Å². The van der Waals surface area contributed by atoms with E-state index in [1.165, 1.54) is 0 Å². The van der Waals surface area contributed by atoms with Gasteiger partial charge >= 0.3 is 7.12 Å². The van der Waals surface area contributed by atoms with Gasteiger partial charge in [0.05, 0.1) is 11.2 Å². The summed E-state index contributed by atoms with van der Waals surface area (Å²) in [7, 11) is -1.48. The zero-order valence-corrected chi connectivity index (χ0v) is 10.9. The summed E-state index contributed by atoms with van der Waals surface area (Å²) in [5.41, 5.74) is 2.19. The van der Waals surface area contributed by atoms with E-state index in [1.807, 2.05) is 23.7 Å². The summed E-state index contributed by atoms with van der Waals surface area (Å²) >= 11 is 0. The molecule has 2 N–H and O–H groups in total. The molecule has 0 radical (unpaired) electrons. The lowest BCUT2D eigenvalue weighted by atomic mass is 9.77. The Kier molecular flexibility index (Phi) is 3.30. The summed E-state index contributed by atoms with van der Waals surface area (Å²) in [4.78, 5) is 0. The molecule has 2 heterocycles. The van der Waals surface area contributed by atoms with Gasteiger partial charge in [0.25, 0.3) is 0 Å². The number of aromatic nitrogens is 2. The Bertz CT molecular complexity index is 591. The molecule has 19 heavy (non-hydrogen) atoms. The highest BCUT2D eigenvalue weighted by Gasteiger charge is 2.23. The van der Waals surface area contributed by atoms with Crippen LogP contribution >= 0.6 is 0 Å². The Morgan fingerprint density at radius 1 is 1.37 bits per heavy atom. The molecule has 2 aromatic rings. The zero-order valence-electron chi connectivity index (χ0n) is 10.9. The fourth-order valence-electron chi connectivity index (χ4n) is 2.76. The third-order valence-electron chi connectivity index (χ3n) is 3.65. The Morgan fingerprint density at radius 2 is 2.21 bits per heavy atom. The maximum Gasteiger partial charge on any atom is 0.489 e. The van der Waals surface area contributed by atoms with Crippen LogP contribution in [0.25, 0.3) is 10.9 Å². The van der Waals surface area contributed by atoms with E-state index >= 15 is 0 Å². The van der Waals surface area contributed by atoms with Crippen molar-refractivity contribution < 1.29 is 14.8 Å². The van der Waals surface area contributed by atoms with Crippen LogP contribution in [0.5, 0.6) is 0 Å². The van der Waals surface area contributed by atoms with Crippen LogP contribution in [0.4, 0.5) is 0 Å². The SMILES string of the molecule is Cc1nn(C2CCCCO2)c2cccc(B(O)O)c12.